The van der Waals surface area contributed by atoms with E-state index in [-0.39, 0.29) is 5.91 Å². The van der Waals surface area contributed by atoms with Gasteiger partial charge in [0.1, 0.15) is 17.0 Å². The lowest BCUT2D eigenvalue weighted by Crippen LogP contribution is -2.25. The van der Waals surface area contributed by atoms with Gasteiger partial charge in [-0.15, -0.1) is 11.3 Å². The van der Waals surface area contributed by atoms with Gasteiger partial charge in [-0.25, -0.2) is 4.68 Å². The summed E-state index contributed by atoms with van der Waals surface area (Å²) in [6.45, 7) is 5.37. The standard InChI is InChI=1S/C27H26N4OS/c1-3-19-12-14-20(15-13-19)18-28-26(32)23-17-22-25(24-11-8-16-33-24)29-31(27(22)30(23)4-2)21-9-6-5-7-10-21/h5-17H,3-4,18H2,1-2H3,(H,28,32). The lowest BCUT2D eigenvalue weighted by Gasteiger charge is -2.11. The maximum absolute atomic E-state index is 13.3. The minimum absolute atomic E-state index is 0.0793. The molecular weight excluding hydrogens is 428 g/mol. The Labute approximate surface area is 197 Å². The van der Waals surface area contributed by atoms with Crippen LogP contribution in [0.25, 0.3) is 27.3 Å². The van der Waals surface area contributed by atoms with E-state index in [9.17, 15) is 4.79 Å². The minimum Gasteiger partial charge on any atom is -0.347 e. The molecule has 0 spiro atoms. The predicted octanol–water partition coefficient (Wildman–Crippen LogP) is 6.07. The summed E-state index contributed by atoms with van der Waals surface area (Å²) in [5, 5.41) is 11.1. The van der Waals surface area contributed by atoms with Crippen molar-refractivity contribution in [3.63, 3.8) is 0 Å². The van der Waals surface area contributed by atoms with Crippen LogP contribution in [0.5, 0.6) is 0 Å². The summed E-state index contributed by atoms with van der Waals surface area (Å²) in [6, 6.07) is 24.6. The smallest absolute Gasteiger partial charge is 0.268 e. The van der Waals surface area contributed by atoms with E-state index in [4.69, 9.17) is 5.10 Å². The number of fused-ring (bicyclic) bond motifs is 1. The lowest BCUT2D eigenvalue weighted by atomic mass is 10.1. The van der Waals surface area contributed by atoms with Crippen molar-refractivity contribution in [2.24, 2.45) is 0 Å². The second-order valence-corrected chi connectivity index (χ2v) is 8.88. The Morgan fingerprint density at radius 1 is 0.970 bits per heavy atom. The Hall–Kier alpha value is -3.64. The summed E-state index contributed by atoms with van der Waals surface area (Å²) in [5.74, 6) is -0.0793. The Morgan fingerprint density at radius 3 is 2.39 bits per heavy atom. The van der Waals surface area contributed by atoms with Crippen molar-refractivity contribution in [2.45, 2.75) is 33.4 Å². The molecule has 0 bridgehead atoms. The third-order valence-corrected chi connectivity index (χ3v) is 6.79. The molecule has 0 atom stereocenters. The number of rotatable bonds is 7. The van der Waals surface area contributed by atoms with Crippen molar-refractivity contribution >= 4 is 28.3 Å². The van der Waals surface area contributed by atoms with Crippen LogP contribution in [-0.2, 0) is 19.5 Å². The average Bonchev–Trinajstić information content (AvgIpc) is 3.59. The molecule has 0 aliphatic carbocycles. The second-order valence-electron chi connectivity index (χ2n) is 7.94. The van der Waals surface area contributed by atoms with Crippen LogP contribution in [0.4, 0.5) is 0 Å². The summed E-state index contributed by atoms with van der Waals surface area (Å²) < 4.78 is 4.01. The first kappa shape index (κ1) is 21.2. The molecule has 3 heterocycles. The van der Waals surface area contributed by atoms with Gasteiger partial charge in [0.2, 0.25) is 0 Å². The van der Waals surface area contributed by atoms with Crippen molar-refractivity contribution in [3.05, 3.63) is 95.0 Å². The molecule has 1 amide bonds. The topological polar surface area (TPSA) is 51.9 Å². The molecule has 5 rings (SSSR count). The number of nitrogens with zero attached hydrogens (tertiary/aromatic N) is 3. The molecule has 0 saturated carbocycles. The van der Waals surface area contributed by atoms with Crippen molar-refractivity contribution in [1.29, 1.82) is 0 Å². The first-order valence-corrected chi connectivity index (χ1v) is 12.1. The minimum atomic E-state index is -0.0793. The van der Waals surface area contributed by atoms with E-state index in [0.29, 0.717) is 18.8 Å². The van der Waals surface area contributed by atoms with E-state index in [2.05, 4.69) is 59.4 Å². The SMILES string of the molecule is CCc1ccc(CNC(=O)c2cc3c(-c4cccs4)nn(-c4ccccc4)c3n2CC)cc1. The normalized spacial score (nSPS) is 11.2. The van der Waals surface area contributed by atoms with Crippen LogP contribution in [0.2, 0.25) is 0 Å². The summed E-state index contributed by atoms with van der Waals surface area (Å²) in [5.41, 5.74) is 5.85. The zero-order valence-electron chi connectivity index (χ0n) is 18.8. The van der Waals surface area contributed by atoms with Gasteiger partial charge in [-0.2, -0.15) is 5.10 Å². The Bertz CT molecular complexity index is 1380. The van der Waals surface area contributed by atoms with Crippen LogP contribution in [0, 0.1) is 0 Å². The van der Waals surface area contributed by atoms with Gasteiger partial charge >= 0.3 is 0 Å². The van der Waals surface area contributed by atoms with E-state index in [1.165, 1.54) is 5.56 Å². The van der Waals surface area contributed by atoms with Crippen molar-refractivity contribution in [2.75, 3.05) is 0 Å². The molecule has 5 nitrogen and oxygen atoms in total. The van der Waals surface area contributed by atoms with E-state index < -0.39 is 0 Å². The lowest BCUT2D eigenvalue weighted by molar-refractivity contribution is 0.0942. The number of hydrogen-bond donors (Lipinski definition) is 1. The number of nitrogens with one attached hydrogen (secondary N) is 1. The number of benzene rings is 2. The number of hydrogen-bond acceptors (Lipinski definition) is 3. The highest BCUT2D eigenvalue weighted by atomic mass is 32.1. The van der Waals surface area contributed by atoms with Crippen LogP contribution in [0.1, 0.15) is 35.5 Å². The second kappa shape index (κ2) is 9.08. The fourth-order valence-corrected chi connectivity index (χ4v) is 4.88. The zero-order chi connectivity index (χ0) is 22.8. The fourth-order valence-electron chi connectivity index (χ4n) is 4.16. The molecule has 1 N–H and O–H groups in total. The summed E-state index contributed by atoms with van der Waals surface area (Å²) in [6.07, 6.45) is 1.01. The first-order chi connectivity index (χ1) is 16.2. The molecular formula is C27H26N4OS. The van der Waals surface area contributed by atoms with Crippen molar-refractivity contribution in [1.82, 2.24) is 19.7 Å². The summed E-state index contributed by atoms with van der Waals surface area (Å²) in [4.78, 5) is 14.4. The van der Waals surface area contributed by atoms with E-state index in [1.54, 1.807) is 11.3 Å². The highest BCUT2D eigenvalue weighted by Gasteiger charge is 2.23. The molecule has 0 aliphatic heterocycles. The molecule has 0 aliphatic rings. The highest BCUT2D eigenvalue weighted by Crippen LogP contribution is 2.34. The largest absolute Gasteiger partial charge is 0.347 e. The monoisotopic (exact) mass is 454 g/mol. The number of carbonyl (C=O) groups is 1. The molecule has 2 aromatic carbocycles. The van der Waals surface area contributed by atoms with Gasteiger partial charge in [0.15, 0.2) is 0 Å². The number of amides is 1. The van der Waals surface area contributed by atoms with Gasteiger partial charge in [-0.3, -0.25) is 4.79 Å². The number of carbonyl (C=O) groups excluding carboxylic acids is 1. The third kappa shape index (κ3) is 3.98. The number of thiophene rings is 1. The van der Waals surface area contributed by atoms with Gasteiger partial charge in [-0.05, 0) is 54.1 Å². The predicted molar refractivity (Wildman–Crippen MR) is 135 cm³/mol. The maximum atomic E-state index is 13.3. The molecule has 0 unspecified atom stereocenters. The van der Waals surface area contributed by atoms with Crippen molar-refractivity contribution in [3.8, 4) is 16.3 Å². The number of para-hydroxylation sites is 1. The van der Waals surface area contributed by atoms with Gasteiger partial charge in [0.05, 0.1) is 10.6 Å². The fraction of sp³-hybridized carbons (Fsp3) is 0.185. The van der Waals surface area contributed by atoms with Crippen LogP contribution in [0.15, 0.2) is 78.2 Å². The van der Waals surface area contributed by atoms with E-state index in [1.807, 2.05) is 47.1 Å². The maximum Gasteiger partial charge on any atom is 0.268 e. The Balaban J connectivity index is 1.55. The zero-order valence-corrected chi connectivity index (χ0v) is 19.6. The average molecular weight is 455 g/mol. The van der Waals surface area contributed by atoms with Gasteiger partial charge in [-0.1, -0.05) is 55.5 Å². The summed E-state index contributed by atoms with van der Waals surface area (Å²) in [7, 11) is 0. The molecule has 33 heavy (non-hydrogen) atoms. The quantitative estimate of drug-likeness (QED) is 0.325. The third-order valence-electron chi connectivity index (χ3n) is 5.91. The summed E-state index contributed by atoms with van der Waals surface area (Å²) >= 11 is 1.66. The van der Waals surface area contributed by atoms with Crippen LogP contribution in [-0.4, -0.2) is 20.3 Å². The Morgan fingerprint density at radius 2 is 1.73 bits per heavy atom. The molecule has 0 radical (unpaired) electrons. The van der Waals surface area contributed by atoms with E-state index >= 15 is 0 Å². The molecule has 0 saturated heterocycles. The van der Waals surface area contributed by atoms with Gasteiger partial charge in [0.25, 0.3) is 5.91 Å². The van der Waals surface area contributed by atoms with Crippen LogP contribution < -0.4 is 5.32 Å². The molecule has 166 valence electrons. The molecule has 0 fully saturated rings. The van der Waals surface area contributed by atoms with Crippen LogP contribution in [0.3, 0.4) is 0 Å². The Kier molecular flexibility index (Phi) is 5.84. The van der Waals surface area contributed by atoms with Crippen molar-refractivity contribution < 1.29 is 4.79 Å². The van der Waals surface area contributed by atoms with E-state index in [0.717, 1.165) is 39.3 Å². The molecule has 6 heteroatoms. The highest BCUT2D eigenvalue weighted by molar-refractivity contribution is 7.13. The van der Waals surface area contributed by atoms with Crippen LogP contribution >= 0.6 is 11.3 Å². The number of aryl methyl sites for hydroxylation is 2. The van der Waals surface area contributed by atoms with Gasteiger partial charge in [0, 0.05) is 18.5 Å². The molecule has 3 aromatic heterocycles. The number of aromatic nitrogens is 3. The van der Waals surface area contributed by atoms with Gasteiger partial charge < -0.3 is 9.88 Å². The first-order valence-electron chi connectivity index (χ1n) is 11.3. The molecule has 5 aromatic rings.